The Kier molecular flexibility index (Phi) is 1.92. The molecule has 1 aliphatic rings. The molecule has 4 N–H and O–H groups in total. The number of ether oxygens (including phenoxy) is 2. The number of nitrogens with two attached hydrogens (primary N) is 2. The number of nitrogen functional groups attached to an aromatic ring is 1. The molecule has 2 rings (SSSR count). The van der Waals surface area contributed by atoms with Crippen LogP contribution in [-0.2, 0) is 11.2 Å². The largest absolute Gasteiger partial charge is 0.454 e. The predicted octanol–water partition coefficient (Wildman–Crippen LogP) is 0.0253. The minimum absolute atomic E-state index is 0.114. The minimum atomic E-state index is -0.421. The van der Waals surface area contributed by atoms with Crippen LogP contribution in [-0.4, -0.2) is 12.7 Å². The van der Waals surface area contributed by atoms with Gasteiger partial charge in [-0.25, -0.2) is 0 Å². The third-order valence-corrected chi connectivity index (χ3v) is 2.00. The van der Waals surface area contributed by atoms with Gasteiger partial charge >= 0.3 is 0 Å². The highest BCUT2D eigenvalue weighted by Crippen LogP contribution is 2.35. The molecule has 0 saturated heterocycles. The number of fused-ring (bicyclic) bond motifs is 1. The molecule has 0 aliphatic carbocycles. The molecule has 1 heterocycles. The van der Waals surface area contributed by atoms with Gasteiger partial charge in [0.15, 0.2) is 11.5 Å². The highest BCUT2D eigenvalue weighted by Gasteiger charge is 2.16. The van der Waals surface area contributed by atoms with Crippen molar-refractivity contribution in [1.82, 2.24) is 0 Å². The molecule has 5 heteroatoms. The SMILES string of the molecule is NC(=O)Cc1cc2c(cc1N)OCO2. The summed E-state index contributed by atoms with van der Waals surface area (Å²) in [5.41, 5.74) is 11.9. The predicted molar refractivity (Wildman–Crippen MR) is 49.9 cm³/mol. The van der Waals surface area contributed by atoms with Crippen molar-refractivity contribution in [2.24, 2.45) is 5.73 Å². The molecule has 0 saturated carbocycles. The Hall–Kier alpha value is -1.91. The molecular weight excluding hydrogens is 184 g/mol. The van der Waals surface area contributed by atoms with E-state index in [0.29, 0.717) is 22.7 Å². The summed E-state index contributed by atoms with van der Waals surface area (Å²) in [6, 6.07) is 3.32. The summed E-state index contributed by atoms with van der Waals surface area (Å²) in [7, 11) is 0. The molecule has 14 heavy (non-hydrogen) atoms. The number of carbonyl (C=O) groups excluding carboxylic acids is 1. The Morgan fingerprint density at radius 1 is 1.36 bits per heavy atom. The topological polar surface area (TPSA) is 87.6 Å². The maximum Gasteiger partial charge on any atom is 0.231 e. The summed E-state index contributed by atoms with van der Waals surface area (Å²) >= 11 is 0. The fraction of sp³-hybridized carbons (Fsp3) is 0.222. The summed E-state index contributed by atoms with van der Waals surface area (Å²) in [6.07, 6.45) is 0.114. The second-order valence-electron chi connectivity index (χ2n) is 3.05. The number of carbonyl (C=O) groups is 1. The standard InChI is InChI=1S/C9H10N2O3/c10-6-3-8-7(13-4-14-8)1-5(6)2-9(11)12/h1,3H,2,4,10H2,(H2,11,12). The third-order valence-electron chi connectivity index (χ3n) is 2.00. The number of anilines is 1. The van der Waals surface area contributed by atoms with E-state index in [1.807, 2.05) is 0 Å². The molecular formula is C9H10N2O3. The normalized spacial score (nSPS) is 12.9. The Labute approximate surface area is 80.6 Å². The lowest BCUT2D eigenvalue weighted by atomic mass is 10.1. The molecule has 0 radical (unpaired) electrons. The van der Waals surface area contributed by atoms with E-state index in [-0.39, 0.29) is 13.2 Å². The van der Waals surface area contributed by atoms with Crippen LogP contribution in [0.25, 0.3) is 0 Å². The average molecular weight is 194 g/mol. The zero-order chi connectivity index (χ0) is 10.1. The fourth-order valence-corrected chi connectivity index (χ4v) is 1.34. The van der Waals surface area contributed by atoms with Crippen molar-refractivity contribution < 1.29 is 14.3 Å². The van der Waals surface area contributed by atoms with Gasteiger partial charge in [0.1, 0.15) is 0 Å². The van der Waals surface area contributed by atoms with Gasteiger partial charge in [-0.1, -0.05) is 0 Å². The Bertz CT molecular complexity index is 390. The van der Waals surface area contributed by atoms with Gasteiger partial charge in [-0.2, -0.15) is 0 Å². The van der Waals surface area contributed by atoms with Crippen molar-refractivity contribution in [2.75, 3.05) is 12.5 Å². The molecule has 0 fully saturated rings. The molecule has 1 aromatic carbocycles. The Morgan fingerprint density at radius 2 is 2.00 bits per heavy atom. The average Bonchev–Trinajstić information content (AvgIpc) is 2.51. The van der Waals surface area contributed by atoms with Crippen LogP contribution in [0, 0.1) is 0 Å². The van der Waals surface area contributed by atoms with E-state index >= 15 is 0 Å². The first kappa shape index (κ1) is 8.68. The van der Waals surface area contributed by atoms with Crippen LogP contribution >= 0.6 is 0 Å². The fourth-order valence-electron chi connectivity index (χ4n) is 1.34. The first-order valence-electron chi connectivity index (χ1n) is 4.13. The van der Waals surface area contributed by atoms with Crippen LogP contribution in [0.15, 0.2) is 12.1 Å². The van der Waals surface area contributed by atoms with Gasteiger partial charge in [0.05, 0.1) is 6.42 Å². The number of hydrogen-bond donors (Lipinski definition) is 2. The summed E-state index contributed by atoms with van der Waals surface area (Å²) < 4.78 is 10.3. The van der Waals surface area contributed by atoms with Crippen molar-refractivity contribution in [3.63, 3.8) is 0 Å². The third kappa shape index (κ3) is 1.44. The summed E-state index contributed by atoms with van der Waals surface area (Å²) in [4.78, 5) is 10.7. The number of benzene rings is 1. The highest BCUT2D eigenvalue weighted by atomic mass is 16.7. The molecule has 0 bridgehead atoms. The maximum atomic E-state index is 10.7. The van der Waals surface area contributed by atoms with Crippen molar-refractivity contribution in [1.29, 1.82) is 0 Å². The summed E-state index contributed by atoms with van der Waals surface area (Å²) in [5.74, 6) is 0.793. The number of amides is 1. The molecule has 0 atom stereocenters. The zero-order valence-electron chi connectivity index (χ0n) is 7.45. The van der Waals surface area contributed by atoms with Crippen molar-refractivity contribution in [3.05, 3.63) is 17.7 Å². The van der Waals surface area contributed by atoms with Crippen LogP contribution in [0.5, 0.6) is 11.5 Å². The van der Waals surface area contributed by atoms with E-state index in [1.54, 1.807) is 12.1 Å². The quantitative estimate of drug-likeness (QED) is 0.650. The molecule has 1 aromatic rings. The lowest BCUT2D eigenvalue weighted by Gasteiger charge is -2.04. The first-order chi connectivity index (χ1) is 6.66. The lowest BCUT2D eigenvalue weighted by molar-refractivity contribution is -0.117. The van der Waals surface area contributed by atoms with E-state index in [1.165, 1.54) is 0 Å². The number of hydrogen-bond acceptors (Lipinski definition) is 4. The first-order valence-corrected chi connectivity index (χ1v) is 4.13. The molecule has 5 nitrogen and oxygen atoms in total. The van der Waals surface area contributed by atoms with Crippen LogP contribution in [0.2, 0.25) is 0 Å². The van der Waals surface area contributed by atoms with E-state index in [0.717, 1.165) is 0 Å². The second-order valence-corrected chi connectivity index (χ2v) is 3.05. The molecule has 0 spiro atoms. The van der Waals surface area contributed by atoms with Gasteiger partial charge in [-0.3, -0.25) is 4.79 Å². The molecule has 1 aliphatic heterocycles. The van der Waals surface area contributed by atoms with Crippen molar-refractivity contribution in [3.8, 4) is 11.5 Å². The van der Waals surface area contributed by atoms with Gasteiger partial charge in [-0.15, -0.1) is 0 Å². The van der Waals surface area contributed by atoms with Gasteiger partial charge in [-0.05, 0) is 11.6 Å². The highest BCUT2D eigenvalue weighted by molar-refractivity contribution is 5.79. The zero-order valence-corrected chi connectivity index (χ0v) is 7.45. The van der Waals surface area contributed by atoms with Gasteiger partial charge in [0, 0.05) is 11.8 Å². The smallest absolute Gasteiger partial charge is 0.231 e. The molecule has 1 amide bonds. The number of primary amides is 1. The number of rotatable bonds is 2. The molecule has 74 valence electrons. The van der Waals surface area contributed by atoms with Gasteiger partial charge in [0.2, 0.25) is 12.7 Å². The monoisotopic (exact) mass is 194 g/mol. The van der Waals surface area contributed by atoms with Gasteiger partial charge < -0.3 is 20.9 Å². The lowest BCUT2D eigenvalue weighted by Crippen LogP contribution is -2.14. The maximum absolute atomic E-state index is 10.7. The van der Waals surface area contributed by atoms with Crippen LogP contribution in [0.3, 0.4) is 0 Å². The molecule has 0 unspecified atom stereocenters. The van der Waals surface area contributed by atoms with Crippen LogP contribution < -0.4 is 20.9 Å². The van der Waals surface area contributed by atoms with Crippen LogP contribution in [0.1, 0.15) is 5.56 Å². The summed E-state index contributed by atoms with van der Waals surface area (Å²) in [6.45, 7) is 0.189. The second kappa shape index (κ2) is 3.10. The molecule has 0 aromatic heterocycles. The van der Waals surface area contributed by atoms with E-state index in [4.69, 9.17) is 20.9 Å². The van der Waals surface area contributed by atoms with E-state index in [2.05, 4.69) is 0 Å². The Balaban J connectivity index is 2.37. The van der Waals surface area contributed by atoms with Crippen molar-refractivity contribution in [2.45, 2.75) is 6.42 Å². The van der Waals surface area contributed by atoms with E-state index < -0.39 is 5.91 Å². The minimum Gasteiger partial charge on any atom is -0.454 e. The van der Waals surface area contributed by atoms with E-state index in [9.17, 15) is 4.79 Å². The van der Waals surface area contributed by atoms with Crippen LogP contribution in [0.4, 0.5) is 5.69 Å². The van der Waals surface area contributed by atoms with Crippen molar-refractivity contribution >= 4 is 11.6 Å². The van der Waals surface area contributed by atoms with Gasteiger partial charge in [0.25, 0.3) is 0 Å². The Morgan fingerprint density at radius 3 is 2.64 bits per heavy atom. The summed E-state index contributed by atoms with van der Waals surface area (Å²) in [5, 5.41) is 0.